The van der Waals surface area contributed by atoms with Crippen molar-refractivity contribution < 1.29 is 19.4 Å². The van der Waals surface area contributed by atoms with Crippen molar-refractivity contribution in [3.05, 3.63) is 24.0 Å². The minimum absolute atomic E-state index is 0.0511. The summed E-state index contributed by atoms with van der Waals surface area (Å²) in [5.41, 5.74) is -0.614. The number of amides is 2. The lowest BCUT2D eigenvalue weighted by atomic mass is 10.2. The highest BCUT2D eigenvalue weighted by Gasteiger charge is 2.16. The van der Waals surface area contributed by atoms with Crippen LogP contribution in [-0.2, 0) is 4.74 Å². The summed E-state index contributed by atoms with van der Waals surface area (Å²) >= 11 is 0. The maximum Gasteiger partial charge on any atom is 0.407 e. The molecule has 0 aliphatic rings. The predicted octanol–water partition coefficient (Wildman–Crippen LogP) is 1.04. The predicted molar refractivity (Wildman–Crippen MR) is 72.5 cm³/mol. The molecule has 1 aromatic rings. The molecule has 0 unspecified atom stereocenters. The molecule has 0 bridgehead atoms. The molecule has 2 amide bonds. The van der Waals surface area contributed by atoms with Crippen LogP contribution in [0.25, 0.3) is 0 Å². The van der Waals surface area contributed by atoms with Gasteiger partial charge in [-0.05, 0) is 32.9 Å². The second kappa shape index (κ2) is 6.74. The molecule has 0 aliphatic carbocycles. The number of aromatic hydroxyl groups is 1. The van der Waals surface area contributed by atoms with Gasteiger partial charge in [0.1, 0.15) is 11.4 Å². The lowest BCUT2D eigenvalue weighted by Crippen LogP contribution is -2.38. The van der Waals surface area contributed by atoms with Crippen LogP contribution in [0.1, 0.15) is 31.3 Å². The third kappa shape index (κ3) is 5.55. The molecule has 7 nitrogen and oxygen atoms in total. The second-order valence-electron chi connectivity index (χ2n) is 5.06. The van der Waals surface area contributed by atoms with Gasteiger partial charge in [0, 0.05) is 19.3 Å². The maximum absolute atomic E-state index is 11.7. The van der Waals surface area contributed by atoms with E-state index < -0.39 is 17.6 Å². The summed E-state index contributed by atoms with van der Waals surface area (Å²) in [5.74, 6) is -0.695. The largest absolute Gasteiger partial charge is 0.505 e. The number of pyridine rings is 1. The van der Waals surface area contributed by atoms with Crippen LogP contribution in [0.3, 0.4) is 0 Å². The van der Waals surface area contributed by atoms with Crippen LogP contribution >= 0.6 is 0 Å². The summed E-state index contributed by atoms with van der Waals surface area (Å²) in [6.45, 7) is 5.71. The number of aromatic nitrogens is 1. The smallest absolute Gasteiger partial charge is 0.407 e. The third-order valence-corrected chi connectivity index (χ3v) is 2.08. The topological polar surface area (TPSA) is 101 Å². The van der Waals surface area contributed by atoms with Crippen LogP contribution in [-0.4, -0.2) is 40.8 Å². The molecule has 0 saturated heterocycles. The monoisotopic (exact) mass is 281 g/mol. The lowest BCUT2D eigenvalue weighted by Gasteiger charge is -2.19. The van der Waals surface area contributed by atoms with Gasteiger partial charge in [0.05, 0.1) is 0 Å². The highest BCUT2D eigenvalue weighted by molar-refractivity contribution is 5.94. The Kier molecular flexibility index (Phi) is 5.31. The number of nitrogens with one attached hydrogen (secondary N) is 2. The SMILES string of the molecule is CC(C)(C)OC(=O)NCCNC(=O)c1ncccc1O. The fourth-order valence-corrected chi connectivity index (χ4v) is 1.31. The summed E-state index contributed by atoms with van der Waals surface area (Å²) in [6.07, 6.45) is 0.862. The van der Waals surface area contributed by atoms with E-state index in [1.807, 2.05) is 0 Å². The second-order valence-corrected chi connectivity index (χ2v) is 5.06. The van der Waals surface area contributed by atoms with E-state index in [-0.39, 0.29) is 24.5 Å². The van der Waals surface area contributed by atoms with Gasteiger partial charge in [-0.15, -0.1) is 0 Å². The summed E-state index contributed by atoms with van der Waals surface area (Å²) in [6, 6.07) is 2.90. The highest BCUT2D eigenvalue weighted by atomic mass is 16.6. The van der Waals surface area contributed by atoms with E-state index in [9.17, 15) is 14.7 Å². The average Bonchev–Trinajstić information content (AvgIpc) is 2.33. The van der Waals surface area contributed by atoms with E-state index >= 15 is 0 Å². The van der Waals surface area contributed by atoms with Crippen molar-refractivity contribution in [1.82, 2.24) is 15.6 Å². The molecule has 7 heteroatoms. The Hall–Kier alpha value is -2.31. The number of hydrogen-bond acceptors (Lipinski definition) is 5. The molecule has 1 rings (SSSR count). The molecule has 1 aromatic heterocycles. The van der Waals surface area contributed by atoms with E-state index in [1.165, 1.54) is 18.3 Å². The Morgan fingerprint density at radius 3 is 2.55 bits per heavy atom. The molecular formula is C13H19N3O4. The van der Waals surface area contributed by atoms with Gasteiger partial charge in [0.25, 0.3) is 5.91 Å². The summed E-state index contributed by atoms with van der Waals surface area (Å²) in [5, 5.41) is 14.5. The molecule has 20 heavy (non-hydrogen) atoms. The molecule has 110 valence electrons. The molecule has 0 aromatic carbocycles. The zero-order chi connectivity index (χ0) is 15.2. The fourth-order valence-electron chi connectivity index (χ4n) is 1.31. The van der Waals surface area contributed by atoms with Gasteiger partial charge in [-0.2, -0.15) is 0 Å². The van der Waals surface area contributed by atoms with E-state index in [0.29, 0.717) is 0 Å². The first-order valence-electron chi connectivity index (χ1n) is 6.18. The molecule has 3 N–H and O–H groups in total. The first-order chi connectivity index (χ1) is 9.29. The van der Waals surface area contributed by atoms with E-state index in [2.05, 4.69) is 15.6 Å². The van der Waals surface area contributed by atoms with Crippen molar-refractivity contribution in [2.75, 3.05) is 13.1 Å². The third-order valence-electron chi connectivity index (χ3n) is 2.08. The summed E-state index contributed by atoms with van der Waals surface area (Å²) in [7, 11) is 0. The molecular weight excluding hydrogens is 262 g/mol. The van der Waals surface area contributed by atoms with Gasteiger partial charge >= 0.3 is 6.09 Å². The van der Waals surface area contributed by atoms with Crippen molar-refractivity contribution in [1.29, 1.82) is 0 Å². The van der Waals surface area contributed by atoms with Gasteiger partial charge in [0.2, 0.25) is 0 Å². The molecule has 0 atom stereocenters. The Morgan fingerprint density at radius 1 is 1.30 bits per heavy atom. The number of carbonyl (C=O) groups is 2. The zero-order valence-corrected chi connectivity index (χ0v) is 11.8. The average molecular weight is 281 g/mol. The van der Waals surface area contributed by atoms with Crippen molar-refractivity contribution in [3.63, 3.8) is 0 Å². The van der Waals surface area contributed by atoms with Gasteiger partial charge in [-0.25, -0.2) is 9.78 Å². The molecule has 0 radical (unpaired) electrons. The van der Waals surface area contributed by atoms with Crippen molar-refractivity contribution in [3.8, 4) is 5.75 Å². The summed E-state index contributed by atoms with van der Waals surface area (Å²) < 4.78 is 5.03. The van der Waals surface area contributed by atoms with E-state index in [4.69, 9.17) is 4.74 Å². The first kappa shape index (κ1) is 15.7. The lowest BCUT2D eigenvalue weighted by molar-refractivity contribution is 0.0526. The molecule has 0 fully saturated rings. The Morgan fingerprint density at radius 2 is 1.95 bits per heavy atom. The molecule has 0 saturated carbocycles. The molecule has 0 aliphatic heterocycles. The van der Waals surface area contributed by atoms with Crippen LogP contribution in [0.5, 0.6) is 5.75 Å². The number of alkyl carbamates (subject to hydrolysis) is 1. The van der Waals surface area contributed by atoms with Crippen LogP contribution in [0, 0.1) is 0 Å². The van der Waals surface area contributed by atoms with Gasteiger partial charge < -0.3 is 20.5 Å². The van der Waals surface area contributed by atoms with Crippen LogP contribution in [0.2, 0.25) is 0 Å². The van der Waals surface area contributed by atoms with Gasteiger partial charge in [-0.1, -0.05) is 0 Å². The van der Waals surface area contributed by atoms with Crippen LogP contribution in [0.4, 0.5) is 4.79 Å². The quantitative estimate of drug-likeness (QED) is 0.716. The van der Waals surface area contributed by atoms with Gasteiger partial charge in [0.15, 0.2) is 5.69 Å². The van der Waals surface area contributed by atoms with E-state index in [1.54, 1.807) is 20.8 Å². The first-order valence-corrected chi connectivity index (χ1v) is 6.18. The Labute approximate surface area is 117 Å². The number of nitrogens with zero attached hydrogens (tertiary/aromatic N) is 1. The van der Waals surface area contributed by atoms with Crippen molar-refractivity contribution in [2.24, 2.45) is 0 Å². The van der Waals surface area contributed by atoms with Crippen molar-refractivity contribution >= 4 is 12.0 Å². The summed E-state index contributed by atoms with van der Waals surface area (Å²) in [4.78, 5) is 26.8. The number of rotatable bonds is 4. The number of hydrogen-bond donors (Lipinski definition) is 3. The standard InChI is InChI=1S/C13H19N3O4/c1-13(2,3)20-12(19)16-8-7-15-11(18)10-9(17)5-4-6-14-10/h4-6,17H,7-8H2,1-3H3,(H,15,18)(H,16,19). The Balaban J connectivity index is 2.30. The Bertz CT molecular complexity index is 483. The highest BCUT2D eigenvalue weighted by Crippen LogP contribution is 2.11. The van der Waals surface area contributed by atoms with Crippen molar-refractivity contribution in [2.45, 2.75) is 26.4 Å². The normalized spacial score (nSPS) is 10.8. The van der Waals surface area contributed by atoms with Crippen LogP contribution < -0.4 is 10.6 Å². The minimum atomic E-state index is -0.562. The number of carbonyl (C=O) groups excluding carboxylic acids is 2. The molecule has 0 spiro atoms. The number of ether oxygens (including phenoxy) is 1. The van der Waals surface area contributed by atoms with E-state index in [0.717, 1.165) is 0 Å². The molecule has 1 heterocycles. The van der Waals surface area contributed by atoms with Crippen LogP contribution in [0.15, 0.2) is 18.3 Å². The minimum Gasteiger partial charge on any atom is -0.505 e. The fraction of sp³-hybridized carbons (Fsp3) is 0.462. The van der Waals surface area contributed by atoms with Gasteiger partial charge in [-0.3, -0.25) is 4.79 Å². The zero-order valence-electron chi connectivity index (χ0n) is 11.8. The maximum atomic E-state index is 11.7.